The largest absolute Gasteiger partial charge is 0.453 e. The van der Waals surface area contributed by atoms with Crippen molar-refractivity contribution in [2.45, 2.75) is 39.7 Å². The molecule has 1 aliphatic rings. The minimum absolute atomic E-state index is 0.117. The summed E-state index contributed by atoms with van der Waals surface area (Å²) in [5.41, 5.74) is -0.331. The van der Waals surface area contributed by atoms with Crippen molar-refractivity contribution in [3.05, 3.63) is 0 Å². The maximum absolute atomic E-state index is 12.0. The van der Waals surface area contributed by atoms with E-state index < -0.39 is 6.09 Å². The lowest BCUT2D eigenvalue weighted by atomic mass is 9.93. The predicted molar refractivity (Wildman–Crippen MR) is 64.6 cm³/mol. The van der Waals surface area contributed by atoms with Crippen molar-refractivity contribution in [1.29, 1.82) is 0 Å². The lowest BCUT2D eigenvalue weighted by Crippen LogP contribution is -2.49. The minimum Gasteiger partial charge on any atom is -0.453 e. The van der Waals surface area contributed by atoms with Crippen LogP contribution in [-0.2, 0) is 9.53 Å². The lowest BCUT2D eigenvalue weighted by Gasteiger charge is -2.35. The van der Waals surface area contributed by atoms with Gasteiger partial charge >= 0.3 is 6.09 Å². The summed E-state index contributed by atoms with van der Waals surface area (Å²) >= 11 is 0. The lowest BCUT2D eigenvalue weighted by molar-refractivity contribution is -0.140. The van der Waals surface area contributed by atoms with Crippen LogP contribution in [0.4, 0.5) is 4.79 Å². The van der Waals surface area contributed by atoms with Gasteiger partial charge in [-0.25, -0.2) is 4.79 Å². The Morgan fingerprint density at radius 2 is 1.76 bits per heavy atom. The molecule has 0 bridgehead atoms. The Morgan fingerprint density at radius 1 is 1.24 bits per heavy atom. The minimum atomic E-state index is -0.398. The number of rotatable bonds is 1. The Balaban J connectivity index is 2.41. The van der Waals surface area contributed by atoms with E-state index in [1.165, 1.54) is 7.11 Å². The number of ether oxygens (including phenoxy) is 1. The van der Waals surface area contributed by atoms with Gasteiger partial charge in [0.05, 0.1) is 7.11 Å². The number of hydrogen-bond acceptors (Lipinski definition) is 3. The molecule has 1 aliphatic heterocycles. The summed E-state index contributed by atoms with van der Waals surface area (Å²) in [6.45, 7) is 7.17. The van der Waals surface area contributed by atoms with E-state index in [-0.39, 0.29) is 17.4 Å². The molecule has 0 aromatic rings. The quantitative estimate of drug-likeness (QED) is 0.755. The second-order valence-electron chi connectivity index (χ2n) is 5.45. The molecule has 5 heteroatoms. The number of carbonyl (C=O) groups excluding carboxylic acids is 2. The van der Waals surface area contributed by atoms with Crippen molar-refractivity contribution in [3.63, 3.8) is 0 Å². The van der Waals surface area contributed by atoms with E-state index in [0.29, 0.717) is 13.1 Å². The molecule has 0 radical (unpaired) electrons. The van der Waals surface area contributed by atoms with Gasteiger partial charge in [-0.2, -0.15) is 0 Å². The van der Waals surface area contributed by atoms with E-state index in [2.05, 4.69) is 10.1 Å². The molecule has 1 heterocycles. The highest BCUT2D eigenvalue weighted by Gasteiger charge is 2.30. The fourth-order valence-corrected chi connectivity index (χ4v) is 1.93. The molecule has 1 rings (SSSR count). The van der Waals surface area contributed by atoms with Crippen molar-refractivity contribution in [2.24, 2.45) is 5.41 Å². The Labute approximate surface area is 102 Å². The van der Waals surface area contributed by atoms with Crippen LogP contribution in [0.5, 0.6) is 0 Å². The van der Waals surface area contributed by atoms with Gasteiger partial charge in [0.25, 0.3) is 0 Å². The Kier molecular flexibility index (Phi) is 4.37. The highest BCUT2D eigenvalue weighted by atomic mass is 16.5. The molecule has 1 saturated heterocycles. The van der Waals surface area contributed by atoms with Crippen molar-refractivity contribution >= 4 is 12.0 Å². The topological polar surface area (TPSA) is 58.6 Å². The van der Waals surface area contributed by atoms with Crippen LogP contribution in [0.1, 0.15) is 33.6 Å². The predicted octanol–water partition coefficient (Wildman–Crippen LogP) is 1.38. The van der Waals surface area contributed by atoms with Crippen LogP contribution in [0.3, 0.4) is 0 Å². The van der Waals surface area contributed by atoms with E-state index in [1.807, 2.05) is 25.7 Å². The first-order valence-electron chi connectivity index (χ1n) is 5.98. The summed E-state index contributed by atoms with van der Waals surface area (Å²) < 4.78 is 4.55. The fourth-order valence-electron chi connectivity index (χ4n) is 1.93. The average Bonchev–Trinajstić information content (AvgIpc) is 2.27. The van der Waals surface area contributed by atoms with E-state index in [4.69, 9.17) is 0 Å². The zero-order valence-electron chi connectivity index (χ0n) is 11.1. The monoisotopic (exact) mass is 242 g/mol. The highest BCUT2D eigenvalue weighted by Crippen LogP contribution is 2.20. The van der Waals surface area contributed by atoms with E-state index >= 15 is 0 Å². The molecule has 0 atom stereocenters. The van der Waals surface area contributed by atoms with E-state index in [9.17, 15) is 9.59 Å². The SMILES string of the molecule is COC(=O)NC1CCN(C(=O)C(C)(C)C)CC1. The molecule has 98 valence electrons. The highest BCUT2D eigenvalue weighted by molar-refractivity contribution is 5.81. The molecule has 5 nitrogen and oxygen atoms in total. The Morgan fingerprint density at radius 3 is 2.18 bits per heavy atom. The molecule has 17 heavy (non-hydrogen) atoms. The van der Waals surface area contributed by atoms with Crippen LogP contribution in [0, 0.1) is 5.41 Å². The summed E-state index contributed by atoms with van der Waals surface area (Å²) in [6, 6.07) is 0.117. The summed E-state index contributed by atoms with van der Waals surface area (Å²) in [7, 11) is 1.35. The first-order chi connectivity index (χ1) is 7.84. The van der Waals surface area contributed by atoms with Crippen LogP contribution < -0.4 is 5.32 Å². The zero-order valence-corrected chi connectivity index (χ0v) is 11.1. The first-order valence-corrected chi connectivity index (χ1v) is 5.98. The molecule has 2 amide bonds. The van der Waals surface area contributed by atoms with Gasteiger partial charge in [-0.1, -0.05) is 20.8 Å². The first kappa shape index (κ1) is 13.8. The van der Waals surface area contributed by atoms with Crippen LogP contribution in [0.15, 0.2) is 0 Å². The zero-order chi connectivity index (χ0) is 13.1. The second kappa shape index (κ2) is 5.38. The van der Waals surface area contributed by atoms with Gasteiger partial charge in [0.1, 0.15) is 0 Å². The Hall–Kier alpha value is -1.26. The van der Waals surface area contributed by atoms with Gasteiger partial charge in [0, 0.05) is 24.5 Å². The molecule has 0 unspecified atom stereocenters. The number of nitrogens with one attached hydrogen (secondary N) is 1. The molecule has 1 N–H and O–H groups in total. The van der Waals surface area contributed by atoms with Gasteiger partial charge < -0.3 is 15.0 Å². The van der Waals surface area contributed by atoms with Gasteiger partial charge in [0.15, 0.2) is 0 Å². The molecule has 0 spiro atoms. The van der Waals surface area contributed by atoms with Crippen LogP contribution in [0.2, 0.25) is 0 Å². The number of alkyl carbamates (subject to hydrolysis) is 1. The maximum Gasteiger partial charge on any atom is 0.407 e. The van der Waals surface area contributed by atoms with Gasteiger partial charge in [-0.3, -0.25) is 4.79 Å². The summed E-state index contributed by atoms with van der Waals surface area (Å²) in [4.78, 5) is 24.9. The normalized spacial score (nSPS) is 17.8. The van der Waals surface area contributed by atoms with Crippen molar-refractivity contribution < 1.29 is 14.3 Å². The number of methoxy groups -OCH3 is 1. The molecule has 0 saturated carbocycles. The van der Waals surface area contributed by atoms with Crippen molar-refractivity contribution in [3.8, 4) is 0 Å². The molecule has 0 aromatic heterocycles. The van der Waals surface area contributed by atoms with Gasteiger partial charge in [-0.15, -0.1) is 0 Å². The number of piperidine rings is 1. The number of carbonyl (C=O) groups is 2. The third-order valence-electron chi connectivity index (χ3n) is 2.93. The third kappa shape index (κ3) is 3.91. The van der Waals surface area contributed by atoms with Gasteiger partial charge in [0.2, 0.25) is 5.91 Å². The standard InChI is InChI=1S/C12H22N2O3/c1-12(2,3)10(15)14-7-5-9(6-8-14)13-11(16)17-4/h9H,5-8H2,1-4H3,(H,13,16). The molecule has 1 fully saturated rings. The summed E-state index contributed by atoms with van der Waals surface area (Å²) in [5, 5.41) is 2.77. The molecular formula is C12H22N2O3. The number of hydrogen-bond donors (Lipinski definition) is 1. The van der Waals surface area contributed by atoms with Gasteiger partial charge in [-0.05, 0) is 12.8 Å². The second-order valence-corrected chi connectivity index (χ2v) is 5.45. The maximum atomic E-state index is 12.0. The van der Waals surface area contributed by atoms with E-state index in [1.54, 1.807) is 0 Å². The number of nitrogens with zero attached hydrogens (tertiary/aromatic N) is 1. The van der Waals surface area contributed by atoms with Crippen LogP contribution >= 0.6 is 0 Å². The average molecular weight is 242 g/mol. The molecule has 0 aromatic carbocycles. The van der Waals surface area contributed by atoms with Crippen LogP contribution in [0.25, 0.3) is 0 Å². The summed E-state index contributed by atoms with van der Waals surface area (Å²) in [5.74, 6) is 0.175. The molecule has 0 aliphatic carbocycles. The van der Waals surface area contributed by atoms with Crippen molar-refractivity contribution in [1.82, 2.24) is 10.2 Å². The van der Waals surface area contributed by atoms with Crippen molar-refractivity contribution in [2.75, 3.05) is 20.2 Å². The van der Waals surface area contributed by atoms with Crippen LogP contribution in [-0.4, -0.2) is 43.1 Å². The molecular weight excluding hydrogens is 220 g/mol. The Bertz CT molecular complexity index is 289. The van der Waals surface area contributed by atoms with E-state index in [0.717, 1.165) is 12.8 Å². The number of likely N-dealkylation sites (tertiary alicyclic amines) is 1. The summed E-state index contributed by atoms with van der Waals surface area (Å²) in [6.07, 6.45) is 1.18. The smallest absolute Gasteiger partial charge is 0.407 e. The fraction of sp³-hybridized carbons (Fsp3) is 0.833. The third-order valence-corrected chi connectivity index (χ3v) is 2.93. The number of amides is 2.